The Hall–Kier alpha value is 0.180. The van der Waals surface area contributed by atoms with Crippen LogP contribution in [0.5, 0.6) is 0 Å². The fourth-order valence-electron chi connectivity index (χ4n) is 0.663. The van der Waals surface area contributed by atoms with Crippen molar-refractivity contribution >= 4 is 0 Å². The normalized spacial score (nSPS) is 9.57. The van der Waals surface area contributed by atoms with Gasteiger partial charge in [0.1, 0.15) is 0 Å². The van der Waals surface area contributed by atoms with Crippen LogP contribution in [0, 0.1) is 13.8 Å². The average molecular weight is 202 g/mol. The molecule has 1 aromatic carbocycles. The Balaban J connectivity index is 0. The number of hydrogen-bond donors (Lipinski definition) is 0. The zero-order valence-corrected chi connectivity index (χ0v) is 12.2. The van der Waals surface area contributed by atoms with Crippen LogP contribution in [0.1, 0.15) is 31.9 Å². The first-order valence-corrected chi connectivity index (χ1v) is 4.53. The quantitative estimate of drug-likeness (QED) is 0.518. The van der Waals surface area contributed by atoms with Gasteiger partial charge in [-0.25, -0.2) is 0 Å². The molecule has 0 atom stereocenters. The van der Waals surface area contributed by atoms with Crippen LogP contribution in [0.15, 0.2) is 24.3 Å². The van der Waals surface area contributed by atoms with Crippen LogP contribution < -0.4 is 34.7 Å². The molecule has 0 aliphatic carbocycles. The molecule has 0 heterocycles. The molecular weight excluding hydrogens is 183 g/mol. The number of hydrogen-bond acceptors (Lipinski definition) is 1. The van der Waals surface area contributed by atoms with E-state index in [1.165, 1.54) is 11.1 Å². The maximum absolute atomic E-state index is 10.1. The molecule has 0 bridgehead atoms. The van der Waals surface area contributed by atoms with E-state index >= 15 is 0 Å². The third-order valence-corrected chi connectivity index (χ3v) is 1.43. The molecule has 74 valence electrons. The smallest absolute Gasteiger partial charge is 0.850 e. The molecule has 0 aliphatic heterocycles. The summed E-state index contributed by atoms with van der Waals surface area (Å²) in [7, 11) is 0. The van der Waals surface area contributed by atoms with E-state index < -0.39 is 5.60 Å². The fourth-order valence-corrected chi connectivity index (χ4v) is 0.663. The van der Waals surface area contributed by atoms with Crippen molar-refractivity contribution in [1.29, 1.82) is 0 Å². The van der Waals surface area contributed by atoms with E-state index in [0.717, 1.165) is 0 Å². The van der Waals surface area contributed by atoms with E-state index in [1.807, 2.05) is 0 Å². The predicted molar refractivity (Wildman–Crippen MR) is 55.7 cm³/mol. The Morgan fingerprint density at radius 2 is 1.14 bits per heavy atom. The van der Waals surface area contributed by atoms with Crippen LogP contribution >= 0.6 is 0 Å². The van der Waals surface area contributed by atoms with Gasteiger partial charge in [-0.1, -0.05) is 45.0 Å². The van der Waals surface area contributed by atoms with Crippen molar-refractivity contribution in [2.24, 2.45) is 0 Å². The first kappa shape index (κ1) is 16.6. The van der Waals surface area contributed by atoms with Gasteiger partial charge in [0.05, 0.1) is 0 Å². The molecule has 0 unspecified atom stereocenters. The summed E-state index contributed by atoms with van der Waals surface area (Å²) in [5, 5.41) is 10.1. The molecule has 1 rings (SSSR count). The molecule has 0 saturated heterocycles. The van der Waals surface area contributed by atoms with Gasteiger partial charge < -0.3 is 5.11 Å². The Bertz CT molecular complexity index is 224. The second kappa shape index (κ2) is 7.47. The van der Waals surface area contributed by atoms with E-state index in [2.05, 4.69) is 38.1 Å². The zero-order valence-electron chi connectivity index (χ0n) is 10.2. The van der Waals surface area contributed by atoms with Gasteiger partial charge >= 0.3 is 29.6 Å². The second-order valence-electron chi connectivity index (χ2n) is 4.20. The van der Waals surface area contributed by atoms with Gasteiger partial charge in [0, 0.05) is 0 Å². The second-order valence-corrected chi connectivity index (χ2v) is 4.20. The maximum atomic E-state index is 10.1. The Labute approximate surface area is 110 Å². The average Bonchev–Trinajstić information content (AvgIpc) is 1.92. The van der Waals surface area contributed by atoms with Crippen molar-refractivity contribution in [1.82, 2.24) is 0 Å². The molecule has 0 fully saturated rings. The largest absolute Gasteiger partial charge is 1.00 e. The van der Waals surface area contributed by atoms with E-state index in [0.29, 0.717) is 0 Å². The Kier molecular flexibility index (Phi) is 8.86. The summed E-state index contributed by atoms with van der Waals surface area (Å²) in [6, 6.07) is 8.36. The number of rotatable bonds is 0. The minimum absolute atomic E-state index is 0. The van der Waals surface area contributed by atoms with Crippen molar-refractivity contribution in [2.45, 2.75) is 40.2 Å². The molecule has 0 saturated carbocycles. The fraction of sp³-hybridized carbons (Fsp3) is 0.500. The molecule has 1 aromatic rings. The first-order chi connectivity index (χ1) is 5.80. The van der Waals surface area contributed by atoms with E-state index in [4.69, 9.17) is 0 Å². The van der Waals surface area contributed by atoms with Crippen molar-refractivity contribution in [2.75, 3.05) is 0 Å². The van der Waals surface area contributed by atoms with Gasteiger partial charge in [-0.05, 0) is 25.0 Å². The van der Waals surface area contributed by atoms with Crippen molar-refractivity contribution in [3.63, 3.8) is 0 Å². The SMILES string of the molecule is CC(C)(C)[O-].Cc1ccccc1C.[Na+]. The Morgan fingerprint density at radius 3 is 1.29 bits per heavy atom. The van der Waals surface area contributed by atoms with E-state index in [9.17, 15) is 5.11 Å². The van der Waals surface area contributed by atoms with Gasteiger partial charge in [-0.2, -0.15) is 0 Å². The van der Waals surface area contributed by atoms with E-state index in [-0.39, 0.29) is 29.6 Å². The van der Waals surface area contributed by atoms with Crippen molar-refractivity contribution < 1.29 is 34.7 Å². The molecule has 0 N–H and O–H groups in total. The van der Waals surface area contributed by atoms with Crippen LogP contribution in [0.3, 0.4) is 0 Å². The molecule has 0 aromatic heterocycles. The van der Waals surface area contributed by atoms with E-state index in [1.54, 1.807) is 20.8 Å². The summed E-state index contributed by atoms with van der Waals surface area (Å²) in [6.07, 6.45) is 0. The van der Waals surface area contributed by atoms with Crippen LogP contribution in [0.4, 0.5) is 0 Å². The van der Waals surface area contributed by atoms with Crippen molar-refractivity contribution in [3.8, 4) is 0 Å². The zero-order chi connectivity index (χ0) is 10.5. The summed E-state index contributed by atoms with van der Waals surface area (Å²) in [4.78, 5) is 0. The molecular formula is C12H19NaO. The van der Waals surface area contributed by atoms with Crippen LogP contribution in [-0.4, -0.2) is 5.60 Å². The number of aryl methyl sites for hydroxylation is 2. The molecule has 0 spiro atoms. The van der Waals surface area contributed by atoms with Gasteiger partial charge in [0.25, 0.3) is 0 Å². The molecule has 0 radical (unpaired) electrons. The predicted octanol–water partition coefficient (Wildman–Crippen LogP) is -0.547. The summed E-state index contributed by atoms with van der Waals surface area (Å²) in [6.45, 7) is 9.14. The van der Waals surface area contributed by atoms with Gasteiger partial charge in [-0.15, -0.1) is 5.60 Å². The molecule has 14 heavy (non-hydrogen) atoms. The monoisotopic (exact) mass is 202 g/mol. The van der Waals surface area contributed by atoms with Gasteiger partial charge in [0.15, 0.2) is 0 Å². The minimum Gasteiger partial charge on any atom is -0.850 e. The molecule has 0 aliphatic rings. The topological polar surface area (TPSA) is 23.1 Å². The van der Waals surface area contributed by atoms with Gasteiger partial charge in [0.2, 0.25) is 0 Å². The molecule has 2 heteroatoms. The number of benzene rings is 1. The standard InChI is InChI=1S/C8H10.C4H9O.Na/c1-7-5-3-4-6-8(7)2;1-4(2,3)5;/h3-6H,1-2H3;1-3H3;/q;-1;+1. The Morgan fingerprint density at radius 1 is 0.929 bits per heavy atom. The summed E-state index contributed by atoms with van der Waals surface area (Å²) >= 11 is 0. The molecule has 0 amide bonds. The third kappa shape index (κ3) is 12.2. The maximum Gasteiger partial charge on any atom is 1.00 e. The van der Waals surface area contributed by atoms with Crippen LogP contribution in [0.2, 0.25) is 0 Å². The van der Waals surface area contributed by atoms with Crippen LogP contribution in [0.25, 0.3) is 0 Å². The van der Waals surface area contributed by atoms with Gasteiger partial charge in [-0.3, -0.25) is 0 Å². The minimum atomic E-state index is -0.750. The molecule has 1 nitrogen and oxygen atoms in total. The summed E-state index contributed by atoms with van der Waals surface area (Å²) < 4.78 is 0. The first-order valence-electron chi connectivity index (χ1n) is 4.53. The van der Waals surface area contributed by atoms with Crippen molar-refractivity contribution in [3.05, 3.63) is 35.4 Å². The van der Waals surface area contributed by atoms with Crippen LogP contribution in [-0.2, 0) is 0 Å². The summed E-state index contributed by atoms with van der Waals surface area (Å²) in [5.74, 6) is 0. The third-order valence-electron chi connectivity index (χ3n) is 1.43. The summed E-state index contributed by atoms with van der Waals surface area (Å²) in [5.41, 5.74) is 1.99.